The third-order valence-corrected chi connectivity index (χ3v) is 4.02. The van der Waals surface area contributed by atoms with Crippen molar-refractivity contribution >= 4 is 0 Å². The van der Waals surface area contributed by atoms with Crippen molar-refractivity contribution in [3.8, 4) is 0 Å². The van der Waals surface area contributed by atoms with Gasteiger partial charge in [-0.25, -0.2) is 0 Å². The minimum Gasteiger partial charge on any atom is -0.465 e. The summed E-state index contributed by atoms with van der Waals surface area (Å²) in [5.74, 6) is 2.82. The highest BCUT2D eigenvalue weighted by Gasteiger charge is 2.28. The van der Waals surface area contributed by atoms with Gasteiger partial charge >= 0.3 is 0 Å². The maximum absolute atomic E-state index is 5.95. The molecule has 2 aliphatic rings. The van der Waals surface area contributed by atoms with Gasteiger partial charge in [-0.3, -0.25) is 0 Å². The Balaban J connectivity index is 1.94. The predicted molar refractivity (Wildman–Crippen MR) is 70.1 cm³/mol. The molecule has 0 aromatic carbocycles. The Bertz CT molecular complexity index is 487. The van der Waals surface area contributed by atoms with Gasteiger partial charge in [0, 0.05) is 12.3 Å². The molecule has 1 aromatic heterocycles. The third-order valence-electron chi connectivity index (χ3n) is 4.02. The Morgan fingerprint density at radius 2 is 2.24 bits per heavy atom. The van der Waals surface area contributed by atoms with E-state index in [9.17, 15) is 0 Å². The van der Waals surface area contributed by atoms with Gasteiger partial charge in [0.15, 0.2) is 0 Å². The van der Waals surface area contributed by atoms with Gasteiger partial charge in [-0.1, -0.05) is 24.1 Å². The van der Waals surface area contributed by atoms with E-state index < -0.39 is 0 Å². The maximum atomic E-state index is 5.95. The summed E-state index contributed by atoms with van der Waals surface area (Å²) in [5, 5.41) is 0. The molecule has 1 aromatic rings. The zero-order valence-electron chi connectivity index (χ0n) is 10.8. The molecule has 0 aliphatic heterocycles. The molecule has 17 heavy (non-hydrogen) atoms. The van der Waals surface area contributed by atoms with Crippen molar-refractivity contribution in [1.82, 2.24) is 0 Å². The number of furan rings is 1. The molecule has 0 N–H and O–H groups in total. The molecule has 0 fully saturated rings. The lowest BCUT2D eigenvalue weighted by molar-refractivity contribution is 0.430. The average molecular weight is 228 g/mol. The lowest BCUT2D eigenvalue weighted by Crippen LogP contribution is -2.06. The summed E-state index contributed by atoms with van der Waals surface area (Å²) in [6.45, 7) is 4.39. The summed E-state index contributed by atoms with van der Waals surface area (Å²) in [6, 6.07) is 4.32. The van der Waals surface area contributed by atoms with Crippen LogP contribution in [0.4, 0.5) is 0 Å². The quantitative estimate of drug-likeness (QED) is 0.711. The van der Waals surface area contributed by atoms with Crippen LogP contribution in [0.5, 0.6) is 0 Å². The molecule has 1 heterocycles. The minimum atomic E-state index is 0.525. The maximum Gasteiger partial charge on any atom is 0.111 e. The summed E-state index contributed by atoms with van der Waals surface area (Å²) in [5.41, 5.74) is 4.74. The smallest absolute Gasteiger partial charge is 0.111 e. The van der Waals surface area contributed by atoms with Crippen LogP contribution in [0.25, 0.3) is 0 Å². The van der Waals surface area contributed by atoms with E-state index in [-0.39, 0.29) is 0 Å². The Hall–Kier alpha value is -1.24. The summed E-state index contributed by atoms with van der Waals surface area (Å²) >= 11 is 0. The normalized spacial score (nSPS) is 23.9. The van der Waals surface area contributed by atoms with Crippen molar-refractivity contribution in [2.75, 3.05) is 0 Å². The van der Waals surface area contributed by atoms with Crippen LogP contribution < -0.4 is 0 Å². The number of aryl methyl sites for hydroxylation is 1. The zero-order chi connectivity index (χ0) is 11.8. The third kappa shape index (κ3) is 1.88. The van der Waals surface area contributed by atoms with E-state index in [2.05, 4.69) is 32.1 Å². The Morgan fingerprint density at radius 3 is 3.00 bits per heavy atom. The summed E-state index contributed by atoms with van der Waals surface area (Å²) in [4.78, 5) is 0. The second kappa shape index (κ2) is 4.21. The SMILES string of the molecule is CCc1ccc(C2CCCC3=C2C=C(C)C3)o1. The fourth-order valence-corrected chi connectivity index (χ4v) is 3.18. The van der Waals surface area contributed by atoms with Crippen molar-refractivity contribution in [3.63, 3.8) is 0 Å². The molecular formula is C16H20O. The molecule has 1 unspecified atom stereocenters. The van der Waals surface area contributed by atoms with Gasteiger partial charge in [0.1, 0.15) is 11.5 Å². The fourth-order valence-electron chi connectivity index (χ4n) is 3.18. The van der Waals surface area contributed by atoms with E-state index in [1.165, 1.54) is 37.0 Å². The zero-order valence-corrected chi connectivity index (χ0v) is 10.8. The highest BCUT2D eigenvalue weighted by atomic mass is 16.3. The van der Waals surface area contributed by atoms with Crippen LogP contribution in [-0.2, 0) is 6.42 Å². The Labute approximate surface area is 103 Å². The Kier molecular flexibility index (Phi) is 2.70. The molecule has 0 bridgehead atoms. The van der Waals surface area contributed by atoms with Crippen LogP contribution in [0.1, 0.15) is 57.0 Å². The van der Waals surface area contributed by atoms with Crippen molar-refractivity contribution in [2.45, 2.75) is 51.9 Å². The first-order chi connectivity index (χ1) is 8.28. The predicted octanol–water partition coefficient (Wildman–Crippen LogP) is 4.76. The van der Waals surface area contributed by atoms with Crippen molar-refractivity contribution in [2.24, 2.45) is 0 Å². The number of rotatable bonds is 2. The van der Waals surface area contributed by atoms with E-state index in [1.807, 2.05) is 0 Å². The van der Waals surface area contributed by atoms with Gasteiger partial charge in [0.25, 0.3) is 0 Å². The molecule has 0 amide bonds. The fraction of sp³-hybridized carbons (Fsp3) is 0.500. The monoisotopic (exact) mass is 228 g/mol. The number of allylic oxidation sites excluding steroid dienone is 4. The summed E-state index contributed by atoms with van der Waals surface area (Å²) < 4.78 is 5.95. The Morgan fingerprint density at radius 1 is 1.35 bits per heavy atom. The van der Waals surface area contributed by atoms with E-state index in [0.29, 0.717) is 5.92 Å². The second-order valence-electron chi connectivity index (χ2n) is 5.33. The molecule has 0 saturated heterocycles. The molecule has 90 valence electrons. The molecule has 0 saturated carbocycles. The lowest BCUT2D eigenvalue weighted by atomic mass is 9.83. The van der Waals surface area contributed by atoms with Gasteiger partial charge in [-0.2, -0.15) is 0 Å². The van der Waals surface area contributed by atoms with Crippen molar-refractivity contribution in [1.29, 1.82) is 0 Å². The van der Waals surface area contributed by atoms with Crippen LogP contribution in [0.15, 0.2) is 39.3 Å². The van der Waals surface area contributed by atoms with E-state index >= 15 is 0 Å². The minimum absolute atomic E-state index is 0.525. The number of hydrogen-bond acceptors (Lipinski definition) is 1. The molecule has 1 atom stereocenters. The lowest BCUT2D eigenvalue weighted by Gasteiger charge is -2.22. The molecule has 0 spiro atoms. The van der Waals surface area contributed by atoms with E-state index in [1.54, 1.807) is 11.1 Å². The summed E-state index contributed by atoms with van der Waals surface area (Å²) in [6.07, 6.45) is 8.45. The van der Waals surface area contributed by atoms with Crippen LogP contribution in [0, 0.1) is 0 Å². The van der Waals surface area contributed by atoms with Gasteiger partial charge in [-0.05, 0) is 50.3 Å². The van der Waals surface area contributed by atoms with Crippen LogP contribution in [0.3, 0.4) is 0 Å². The first-order valence-corrected chi connectivity index (χ1v) is 6.75. The van der Waals surface area contributed by atoms with Gasteiger partial charge in [0.2, 0.25) is 0 Å². The van der Waals surface area contributed by atoms with Crippen LogP contribution in [0.2, 0.25) is 0 Å². The van der Waals surface area contributed by atoms with Crippen LogP contribution >= 0.6 is 0 Å². The average Bonchev–Trinajstić information content (AvgIpc) is 2.92. The van der Waals surface area contributed by atoms with Crippen molar-refractivity contribution in [3.05, 3.63) is 46.4 Å². The van der Waals surface area contributed by atoms with Gasteiger partial charge < -0.3 is 4.42 Å². The van der Waals surface area contributed by atoms with Gasteiger partial charge in [0.05, 0.1) is 0 Å². The summed E-state index contributed by atoms with van der Waals surface area (Å²) in [7, 11) is 0. The first-order valence-electron chi connectivity index (χ1n) is 6.75. The molecule has 1 nitrogen and oxygen atoms in total. The molecular weight excluding hydrogens is 208 g/mol. The highest BCUT2D eigenvalue weighted by molar-refractivity contribution is 5.45. The van der Waals surface area contributed by atoms with Gasteiger partial charge in [-0.15, -0.1) is 0 Å². The molecule has 0 radical (unpaired) electrons. The highest BCUT2D eigenvalue weighted by Crippen LogP contribution is 2.44. The molecule has 2 aliphatic carbocycles. The number of hydrogen-bond donors (Lipinski definition) is 0. The molecule has 3 rings (SSSR count). The van der Waals surface area contributed by atoms with Crippen LogP contribution in [-0.4, -0.2) is 0 Å². The molecule has 1 heteroatoms. The topological polar surface area (TPSA) is 13.1 Å². The van der Waals surface area contributed by atoms with E-state index in [4.69, 9.17) is 4.42 Å². The standard InChI is InChI=1S/C16H20O/c1-3-13-7-8-16(17-13)14-6-4-5-12-9-11(2)10-15(12)14/h7-8,10,14H,3-6,9H2,1-2H3. The largest absolute Gasteiger partial charge is 0.465 e. The van der Waals surface area contributed by atoms with E-state index in [0.717, 1.165) is 12.2 Å². The van der Waals surface area contributed by atoms with Crippen molar-refractivity contribution < 1.29 is 4.42 Å². The second-order valence-corrected chi connectivity index (χ2v) is 5.33. The first kappa shape index (κ1) is 10.9.